The molecule has 8 nitrogen and oxygen atoms in total. The van der Waals surface area contributed by atoms with E-state index in [9.17, 15) is 14.3 Å². The molecule has 0 saturated carbocycles. The highest BCUT2D eigenvalue weighted by Crippen LogP contribution is 2.38. The van der Waals surface area contributed by atoms with Gasteiger partial charge in [0.2, 0.25) is 0 Å². The fourth-order valence-corrected chi connectivity index (χ4v) is 6.25. The second-order valence-electron chi connectivity index (χ2n) is 15.0. The Bertz CT molecular complexity index is 858. The molecule has 2 unspecified atom stereocenters. The maximum Gasteiger partial charge on any atom is 0.306 e. The Balaban J connectivity index is 4.27. The van der Waals surface area contributed by atoms with Gasteiger partial charge in [-0.2, -0.15) is 0 Å². The van der Waals surface area contributed by atoms with E-state index in [1.807, 2.05) is 21.1 Å². The maximum atomic E-state index is 12.6. The quantitative estimate of drug-likeness (QED) is 0.0205. The Labute approximate surface area is 309 Å². The van der Waals surface area contributed by atoms with Gasteiger partial charge in [0.25, 0.3) is 7.82 Å². The number of allylic oxidation sites excluding steroid dienone is 4. The van der Waals surface area contributed by atoms with Crippen molar-refractivity contribution in [1.29, 1.82) is 0 Å². The Kier molecular flexibility index (Phi) is 34.3. The van der Waals surface area contributed by atoms with Crippen molar-refractivity contribution < 1.29 is 37.3 Å². The van der Waals surface area contributed by atoms with Gasteiger partial charge in [-0.05, 0) is 38.5 Å². The van der Waals surface area contributed by atoms with E-state index in [1.54, 1.807) is 0 Å². The van der Waals surface area contributed by atoms with E-state index in [-0.39, 0.29) is 25.8 Å². The van der Waals surface area contributed by atoms with Gasteiger partial charge >= 0.3 is 5.97 Å². The minimum Gasteiger partial charge on any atom is -0.756 e. The third-order valence-corrected chi connectivity index (χ3v) is 9.70. The zero-order chi connectivity index (χ0) is 37.0. The number of hydrogen-bond donors (Lipinski definition) is 0. The molecule has 0 rings (SSSR count). The number of hydrogen-bond acceptors (Lipinski definition) is 7. The van der Waals surface area contributed by atoms with Crippen LogP contribution in [0.3, 0.4) is 0 Å². The molecule has 0 aromatic rings. The molecule has 0 radical (unpaired) electrons. The lowest BCUT2D eigenvalue weighted by Crippen LogP contribution is -2.37. The monoisotopic (exact) mass is 730 g/mol. The highest BCUT2D eigenvalue weighted by atomic mass is 31.2. The van der Waals surface area contributed by atoms with E-state index >= 15 is 0 Å². The average Bonchev–Trinajstić information content (AvgIpc) is 3.06. The lowest BCUT2D eigenvalue weighted by molar-refractivity contribution is -0.870. The zero-order valence-corrected chi connectivity index (χ0v) is 34.2. The first-order chi connectivity index (χ1) is 24.1. The molecule has 0 aliphatic rings. The van der Waals surface area contributed by atoms with Crippen molar-refractivity contribution in [2.75, 3.05) is 54.1 Å². The van der Waals surface area contributed by atoms with Crippen LogP contribution in [0.5, 0.6) is 0 Å². The predicted molar refractivity (Wildman–Crippen MR) is 208 cm³/mol. The molecule has 296 valence electrons. The van der Waals surface area contributed by atoms with Crippen LogP contribution in [0.25, 0.3) is 0 Å². The molecule has 0 fully saturated rings. The normalized spacial score (nSPS) is 14.1. The van der Waals surface area contributed by atoms with Crippen molar-refractivity contribution >= 4 is 13.8 Å². The molecule has 0 bridgehead atoms. The lowest BCUT2D eigenvalue weighted by Gasteiger charge is -2.28. The molecule has 0 aromatic heterocycles. The predicted octanol–water partition coefficient (Wildman–Crippen LogP) is 11.0. The second kappa shape index (κ2) is 35.0. The van der Waals surface area contributed by atoms with Gasteiger partial charge < -0.3 is 27.9 Å². The molecule has 0 aromatic carbocycles. The molecule has 0 N–H and O–H groups in total. The summed E-state index contributed by atoms with van der Waals surface area (Å²) in [6.45, 7) is 5.34. The van der Waals surface area contributed by atoms with Gasteiger partial charge in [0, 0.05) is 13.0 Å². The smallest absolute Gasteiger partial charge is 0.306 e. The standard InChI is InChI=1S/C41H80NO7P/c1-6-8-10-12-14-16-18-20-22-24-26-28-30-32-34-41(43)49-40(39-48-50(44,45)47-37-35-42(3,4)5)38-46-36-33-31-29-27-25-23-21-19-17-15-13-11-9-7-2/h11,13,17,19,40H,6-10,12,14-16,18,20-39H2,1-5H3/b13-11-,19-17-. The van der Waals surface area contributed by atoms with Crippen LogP contribution in [0.15, 0.2) is 24.3 Å². The number of phosphoric acid groups is 1. The summed E-state index contributed by atoms with van der Waals surface area (Å²) < 4.78 is 34.5. The topological polar surface area (TPSA) is 94.1 Å². The van der Waals surface area contributed by atoms with Crippen molar-refractivity contribution in [3.05, 3.63) is 24.3 Å². The number of quaternary nitrogens is 1. The number of likely N-dealkylation sites (N-methyl/N-ethyl adjacent to an activating group) is 1. The number of carbonyl (C=O) groups is 1. The van der Waals surface area contributed by atoms with E-state index in [0.717, 1.165) is 51.4 Å². The highest BCUT2D eigenvalue weighted by molar-refractivity contribution is 7.45. The molecule has 0 amide bonds. The number of rotatable bonds is 38. The van der Waals surface area contributed by atoms with E-state index in [2.05, 4.69) is 38.2 Å². The first kappa shape index (κ1) is 49.0. The Morgan fingerprint density at radius 1 is 0.620 bits per heavy atom. The number of phosphoric ester groups is 1. The van der Waals surface area contributed by atoms with Crippen molar-refractivity contribution in [1.82, 2.24) is 0 Å². The summed E-state index contributed by atoms with van der Waals surface area (Å²) in [6, 6.07) is 0. The zero-order valence-electron chi connectivity index (χ0n) is 33.4. The van der Waals surface area contributed by atoms with E-state index in [1.165, 1.54) is 103 Å². The van der Waals surface area contributed by atoms with Crippen molar-refractivity contribution in [2.45, 2.75) is 180 Å². The van der Waals surface area contributed by atoms with Gasteiger partial charge in [-0.15, -0.1) is 0 Å². The molecule has 0 aliphatic carbocycles. The van der Waals surface area contributed by atoms with E-state index in [0.29, 0.717) is 24.1 Å². The summed E-state index contributed by atoms with van der Waals surface area (Å²) in [4.78, 5) is 25.0. The van der Waals surface area contributed by atoms with Gasteiger partial charge in [-0.1, -0.05) is 154 Å². The largest absolute Gasteiger partial charge is 0.756 e. The summed E-state index contributed by atoms with van der Waals surface area (Å²) in [5, 5.41) is 0. The Morgan fingerprint density at radius 2 is 1.14 bits per heavy atom. The summed E-state index contributed by atoms with van der Waals surface area (Å²) in [7, 11) is 1.35. The van der Waals surface area contributed by atoms with Crippen LogP contribution < -0.4 is 4.89 Å². The van der Waals surface area contributed by atoms with E-state index < -0.39 is 13.9 Å². The van der Waals surface area contributed by atoms with Gasteiger partial charge in [-0.25, -0.2) is 0 Å². The van der Waals surface area contributed by atoms with Gasteiger partial charge in [-0.3, -0.25) is 9.36 Å². The molecule has 9 heteroatoms. The lowest BCUT2D eigenvalue weighted by atomic mass is 10.0. The Morgan fingerprint density at radius 3 is 1.70 bits per heavy atom. The number of carbonyl (C=O) groups excluding carboxylic acids is 1. The molecule has 0 saturated heterocycles. The SMILES string of the molecule is CCC/C=C\C/C=C\CCCCCCCCOCC(COP(=O)([O-])OCC[N+](C)(C)C)OC(=O)CCCCCCCCCCCCCCCC. The minimum absolute atomic E-state index is 0.0256. The fourth-order valence-electron chi connectivity index (χ4n) is 5.52. The highest BCUT2D eigenvalue weighted by Gasteiger charge is 2.20. The van der Waals surface area contributed by atoms with Crippen molar-refractivity contribution in [3.63, 3.8) is 0 Å². The second-order valence-corrected chi connectivity index (χ2v) is 16.4. The molecular formula is C41H80NO7P. The number of unbranched alkanes of at least 4 members (excludes halogenated alkanes) is 20. The van der Waals surface area contributed by atoms with Crippen LogP contribution >= 0.6 is 7.82 Å². The van der Waals surface area contributed by atoms with Crippen molar-refractivity contribution in [2.24, 2.45) is 0 Å². The molecule has 50 heavy (non-hydrogen) atoms. The Hall–Kier alpha value is -1.02. The third kappa shape index (κ3) is 38.2. The van der Waals surface area contributed by atoms with Crippen LogP contribution in [0.2, 0.25) is 0 Å². The third-order valence-electron chi connectivity index (χ3n) is 8.74. The minimum atomic E-state index is -4.52. The summed E-state index contributed by atoms with van der Waals surface area (Å²) >= 11 is 0. The van der Waals surface area contributed by atoms with Crippen LogP contribution in [0, 0.1) is 0 Å². The molecule has 2 atom stereocenters. The fraction of sp³-hybridized carbons (Fsp3) is 0.878. The maximum absolute atomic E-state index is 12.6. The average molecular weight is 730 g/mol. The molecule has 0 heterocycles. The van der Waals surface area contributed by atoms with Crippen LogP contribution in [-0.4, -0.2) is 70.7 Å². The van der Waals surface area contributed by atoms with Gasteiger partial charge in [0.05, 0.1) is 34.4 Å². The summed E-state index contributed by atoms with van der Waals surface area (Å²) in [5.74, 6) is -0.337. The first-order valence-corrected chi connectivity index (χ1v) is 22.0. The van der Waals surface area contributed by atoms with Crippen LogP contribution in [0.4, 0.5) is 0 Å². The van der Waals surface area contributed by atoms with Crippen molar-refractivity contribution in [3.8, 4) is 0 Å². The van der Waals surface area contributed by atoms with Gasteiger partial charge in [0.15, 0.2) is 0 Å². The molecule has 0 aliphatic heterocycles. The first-order valence-electron chi connectivity index (χ1n) is 20.6. The van der Waals surface area contributed by atoms with Crippen LogP contribution in [-0.2, 0) is 27.9 Å². The van der Waals surface area contributed by atoms with Crippen LogP contribution in [0.1, 0.15) is 174 Å². The summed E-state index contributed by atoms with van der Waals surface area (Å²) in [5.41, 5.74) is 0. The number of ether oxygens (including phenoxy) is 2. The van der Waals surface area contributed by atoms with E-state index in [4.69, 9.17) is 18.5 Å². The summed E-state index contributed by atoms with van der Waals surface area (Å²) in [6.07, 6.45) is 37.5. The van der Waals surface area contributed by atoms with Gasteiger partial charge in [0.1, 0.15) is 19.3 Å². The number of nitrogens with zero attached hydrogens (tertiary/aromatic N) is 1. The molecular weight excluding hydrogens is 649 g/mol. The number of esters is 1. The molecule has 0 spiro atoms.